The van der Waals surface area contributed by atoms with Gasteiger partial charge in [-0.25, -0.2) is 0 Å². The van der Waals surface area contributed by atoms with E-state index in [0.717, 1.165) is 16.5 Å². The number of methoxy groups -OCH3 is 1. The van der Waals surface area contributed by atoms with Gasteiger partial charge in [-0.2, -0.15) is 0 Å². The first-order valence-corrected chi connectivity index (χ1v) is 12.2. The second kappa shape index (κ2) is 13.4. The van der Waals surface area contributed by atoms with Gasteiger partial charge in [-0.1, -0.05) is 33.8 Å². The van der Waals surface area contributed by atoms with E-state index in [-0.39, 0.29) is 11.0 Å². The fraction of sp³-hybridized carbons (Fsp3) is 0.440. The van der Waals surface area contributed by atoms with E-state index in [9.17, 15) is 4.79 Å². The lowest BCUT2D eigenvalue weighted by molar-refractivity contribution is 0.0976. The fourth-order valence-electron chi connectivity index (χ4n) is 2.76. The second-order valence-corrected chi connectivity index (χ2v) is 9.77. The highest BCUT2D eigenvalue weighted by molar-refractivity contribution is 9.10. The maximum Gasteiger partial charge on any atom is 0.257 e. The van der Waals surface area contributed by atoms with Crippen LogP contribution in [0.25, 0.3) is 0 Å². The predicted octanol–water partition coefficient (Wildman–Crippen LogP) is 5.72. The van der Waals surface area contributed by atoms with Crippen LogP contribution in [-0.2, 0) is 6.54 Å². The number of halogens is 1. The molecule has 0 saturated heterocycles. The van der Waals surface area contributed by atoms with Crippen molar-refractivity contribution < 1.29 is 19.0 Å². The molecule has 180 valence electrons. The molecule has 0 radical (unpaired) electrons. The summed E-state index contributed by atoms with van der Waals surface area (Å²) in [5.41, 5.74) is 1.43. The molecule has 0 aliphatic heterocycles. The van der Waals surface area contributed by atoms with E-state index in [1.807, 2.05) is 18.2 Å². The SMILES string of the molecule is COc1cc(CNC(=S)NC(=O)c2ccc(OCC(C)C)c(Br)c2)ccc1OCCC(C)C. The van der Waals surface area contributed by atoms with Crippen molar-refractivity contribution in [3.63, 3.8) is 0 Å². The monoisotopic (exact) mass is 536 g/mol. The zero-order chi connectivity index (χ0) is 24.4. The molecule has 6 nitrogen and oxygen atoms in total. The van der Waals surface area contributed by atoms with Crippen molar-refractivity contribution in [3.05, 3.63) is 52.0 Å². The number of ether oxygens (including phenoxy) is 3. The van der Waals surface area contributed by atoms with Crippen molar-refractivity contribution in [1.29, 1.82) is 0 Å². The third-order valence-electron chi connectivity index (χ3n) is 4.63. The topological polar surface area (TPSA) is 68.8 Å². The summed E-state index contributed by atoms with van der Waals surface area (Å²) in [7, 11) is 1.62. The Balaban J connectivity index is 1.89. The van der Waals surface area contributed by atoms with Gasteiger partial charge in [0.25, 0.3) is 5.91 Å². The quantitative estimate of drug-likeness (QED) is 0.358. The molecule has 0 atom stereocenters. The molecule has 8 heteroatoms. The van der Waals surface area contributed by atoms with Gasteiger partial charge < -0.3 is 19.5 Å². The van der Waals surface area contributed by atoms with E-state index in [4.69, 9.17) is 26.4 Å². The molecule has 0 fully saturated rings. The normalized spacial score (nSPS) is 10.8. The molecule has 2 aromatic carbocycles. The minimum atomic E-state index is -0.296. The first-order chi connectivity index (χ1) is 15.7. The van der Waals surface area contributed by atoms with Crippen LogP contribution in [0.1, 0.15) is 50.0 Å². The molecule has 0 spiro atoms. The first kappa shape index (κ1) is 26.9. The van der Waals surface area contributed by atoms with Gasteiger partial charge in [0.05, 0.1) is 24.8 Å². The maximum atomic E-state index is 12.6. The molecule has 2 N–H and O–H groups in total. The van der Waals surface area contributed by atoms with Gasteiger partial charge in [-0.15, -0.1) is 0 Å². The number of carbonyl (C=O) groups excluding carboxylic acids is 1. The summed E-state index contributed by atoms with van der Waals surface area (Å²) in [6.07, 6.45) is 0.977. The van der Waals surface area contributed by atoms with Crippen LogP contribution in [0.15, 0.2) is 40.9 Å². The smallest absolute Gasteiger partial charge is 0.257 e. The highest BCUT2D eigenvalue weighted by Gasteiger charge is 2.12. The number of benzene rings is 2. The molecular formula is C25H33BrN2O4S. The van der Waals surface area contributed by atoms with Crippen LogP contribution in [-0.4, -0.2) is 31.3 Å². The Kier molecular flexibility index (Phi) is 10.9. The molecule has 0 aromatic heterocycles. The zero-order valence-corrected chi connectivity index (χ0v) is 22.3. The molecule has 0 saturated carbocycles. The molecule has 0 aliphatic rings. The van der Waals surface area contributed by atoms with E-state index >= 15 is 0 Å². The summed E-state index contributed by atoms with van der Waals surface area (Å²) in [4.78, 5) is 12.6. The van der Waals surface area contributed by atoms with E-state index < -0.39 is 0 Å². The summed E-state index contributed by atoms with van der Waals surface area (Å²) in [6.45, 7) is 10.2. The maximum absolute atomic E-state index is 12.6. The summed E-state index contributed by atoms with van der Waals surface area (Å²) >= 11 is 8.75. The van der Waals surface area contributed by atoms with Crippen molar-refractivity contribution >= 4 is 39.2 Å². The molecule has 1 amide bonds. The van der Waals surface area contributed by atoms with E-state index in [0.29, 0.717) is 54.4 Å². The van der Waals surface area contributed by atoms with Gasteiger partial charge in [-0.3, -0.25) is 10.1 Å². The summed E-state index contributed by atoms with van der Waals surface area (Å²) in [6, 6.07) is 10.9. The van der Waals surface area contributed by atoms with Gasteiger partial charge in [0.2, 0.25) is 0 Å². The van der Waals surface area contributed by atoms with Crippen LogP contribution in [0.5, 0.6) is 17.2 Å². The minimum absolute atomic E-state index is 0.243. The highest BCUT2D eigenvalue weighted by Crippen LogP contribution is 2.29. The summed E-state index contributed by atoms with van der Waals surface area (Å²) in [5, 5.41) is 6.00. The molecule has 0 aliphatic carbocycles. The first-order valence-electron chi connectivity index (χ1n) is 11.0. The Morgan fingerprint density at radius 1 is 1.00 bits per heavy atom. The van der Waals surface area contributed by atoms with Crippen molar-refractivity contribution in [3.8, 4) is 17.2 Å². The fourth-order valence-corrected chi connectivity index (χ4v) is 3.42. The number of thiocarbonyl (C=S) groups is 1. The van der Waals surface area contributed by atoms with Gasteiger partial charge in [-0.05, 0) is 82.3 Å². The molecule has 33 heavy (non-hydrogen) atoms. The largest absolute Gasteiger partial charge is 0.493 e. The Labute approximate surface area is 210 Å². The number of hydrogen-bond donors (Lipinski definition) is 2. The molecular weight excluding hydrogens is 504 g/mol. The lowest BCUT2D eigenvalue weighted by Crippen LogP contribution is -2.38. The lowest BCUT2D eigenvalue weighted by atomic mass is 10.1. The van der Waals surface area contributed by atoms with Crippen LogP contribution >= 0.6 is 28.1 Å². The van der Waals surface area contributed by atoms with Gasteiger partial charge >= 0.3 is 0 Å². The molecule has 2 aromatic rings. The summed E-state index contributed by atoms with van der Waals surface area (Å²) in [5.74, 6) is 2.77. The van der Waals surface area contributed by atoms with Gasteiger partial charge in [0.15, 0.2) is 16.6 Å². The van der Waals surface area contributed by atoms with Crippen LogP contribution in [0, 0.1) is 11.8 Å². The van der Waals surface area contributed by atoms with E-state index in [1.54, 1.807) is 25.3 Å². The standard InChI is InChI=1S/C25H33BrN2O4S/c1-16(2)10-11-31-22-8-6-18(12-23(22)30-5)14-27-25(33)28-24(29)19-7-9-21(20(26)13-19)32-15-17(3)4/h6-9,12-13,16-17H,10-11,14-15H2,1-5H3,(H2,27,28,29,33). The van der Waals surface area contributed by atoms with Crippen LogP contribution in [0.2, 0.25) is 0 Å². The molecule has 0 bridgehead atoms. The Bertz CT molecular complexity index is 950. The zero-order valence-electron chi connectivity index (χ0n) is 19.9. The summed E-state index contributed by atoms with van der Waals surface area (Å²) < 4.78 is 17.7. The van der Waals surface area contributed by atoms with Crippen LogP contribution in [0.4, 0.5) is 0 Å². The Morgan fingerprint density at radius 2 is 1.73 bits per heavy atom. The Morgan fingerprint density at radius 3 is 2.36 bits per heavy atom. The van der Waals surface area contributed by atoms with E-state index in [1.165, 1.54) is 0 Å². The number of carbonyl (C=O) groups is 1. The highest BCUT2D eigenvalue weighted by atomic mass is 79.9. The van der Waals surface area contributed by atoms with Crippen molar-refractivity contribution in [2.75, 3.05) is 20.3 Å². The number of nitrogens with one attached hydrogen (secondary N) is 2. The van der Waals surface area contributed by atoms with Crippen LogP contribution in [0.3, 0.4) is 0 Å². The number of rotatable bonds is 11. The van der Waals surface area contributed by atoms with Crippen molar-refractivity contribution in [1.82, 2.24) is 10.6 Å². The lowest BCUT2D eigenvalue weighted by Gasteiger charge is -2.14. The van der Waals surface area contributed by atoms with Crippen LogP contribution < -0.4 is 24.8 Å². The van der Waals surface area contributed by atoms with Gasteiger partial charge in [0.1, 0.15) is 5.75 Å². The third-order valence-corrected chi connectivity index (χ3v) is 5.49. The predicted molar refractivity (Wildman–Crippen MR) is 139 cm³/mol. The van der Waals surface area contributed by atoms with Gasteiger partial charge in [0, 0.05) is 12.1 Å². The Hall–Kier alpha value is -2.32. The average Bonchev–Trinajstić information content (AvgIpc) is 2.76. The third kappa shape index (κ3) is 9.21. The molecule has 2 rings (SSSR count). The van der Waals surface area contributed by atoms with E-state index in [2.05, 4.69) is 54.3 Å². The number of hydrogen-bond acceptors (Lipinski definition) is 5. The average molecular weight is 538 g/mol. The van der Waals surface area contributed by atoms with Crippen molar-refractivity contribution in [2.24, 2.45) is 11.8 Å². The number of amides is 1. The minimum Gasteiger partial charge on any atom is -0.493 e. The second-order valence-electron chi connectivity index (χ2n) is 8.50. The van der Waals surface area contributed by atoms with Crippen molar-refractivity contribution in [2.45, 2.75) is 40.7 Å². The molecule has 0 unspecified atom stereocenters. The molecule has 0 heterocycles.